The van der Waals surface area contributed by atoms with Crippen LogP contribution in [-0.2, 0) is 6.42 Å². The molecule has 84 valence electrons. The van der Waals surface area contributed by atoms with E-state index >= 15 is 0 Å². The van der Waals surface area contributed by atoms with Crippen molar-refractivity contribution >= 4 is 11.6 Å². The average Bonchev–Trinajstić information content (AvgIpc) is 2.70. The predicted octanol–water partition coefficient (Wildman–Crippen LogP) is 2.61. The fourth-order valence-corrected chi connectivity index (χ4v) is 2.01. The minimum absolute atomic E-state index is 0.0524. The number of hydrogen-bond acceptors (Lipinski definition) is 2. The summed E-state index contributed by atoms with van der Waals surface area (Å²) in [6, 6.07) is 5.72. The van der Waals surface area contributed by atoms with E-state index in [4.69, 9.17) is 17.3 Å². The molecule has 16 heavy (non-hydrogen) atoms. The normalized spacial score (nSPS) is 12.7. The number of nitrogens with zero attached hydrogens (tertiary/aromatic N) is 1. The van der Waals surface area contributed by atoms with Crippen molar-refractivity contribution in [2.24, 2.45) is 5.73 Å². The molecule has 0 spiro atoms. The first-order valence-corrected chi connectivity index (χ1v) is 5.54. The highest BCUT2D eigenvalue weighted by Gasteiger charge is 2.11. The summed E-state index contributed by atoms with van der Waals surface area (Å²) in [7, 11) is 0. The van der Waals surface area contributed by atoms with Crippen molar-refractivity contribution in [1.82, 2.24) is 9.97 Å². The highest BCUT2D eigenvalue weighted by atomic mass is 35.5. The lowest BCUT2D eigenvalue weighted by molar-refractivity contribution is 0.690. The van der Waals surface area contributed by atoms with Gasteiger partial charge in [-0.25, -0.2) is 4.98 Å². The topological polar surface area (TPSA) is 54.7 Å². The Bertz CT molecular complexity index is 465. The maximum absolute atomic E-state index is 6.13. The molecule has 0 radical (unpaired) electrons. The van der Waals surface area contributed by atoms with Gasteiger partial charge in [-0.1, -0.05) is 17.7 Å². The van der Waals surface area contributed by atoms with Gasteiger partial charge in [0.1, 0.15) is 5.82 Å². The summed E-state index contributed by atoms with van der Waals surface area (Å²) < 4.78 is 0. The molecule has 0 aliphatic heterocycles. The minimum atomic E-state index is -0.0524. The molecule has 0 saturated carbocycles. The second kappa shape index (κ2) is 4.68. The van der Waals surface area contributed by atoms with E-state index in [2.05, 4.69) is 9.97 Å². The van der Waals surface area contributed by atoms with Crippen LogP contribution >= 0.6 is 11.6 Å². The van der Waals surface area contributed by atoms with E-state index in [9.17, 15) is 0 Å². The van der Waals surface area contributed by atoms with Gasteiger partial charge < -0.3 is 10.7 Å². The molecule has 2 rings (SSSR count). The van der Waals surface area contributed by atoms with Gasteiger partial charge in [0, 0.05) is 29.9 Å². The van der Waals surface area contributed by atoms with Gasteiger partial charge in [0.25, 0.3) is 0 Å². The van der Waals surface area contributed by atoms with Gasteiger partial charge in [0.2, 0.25) is 0 Å². The number of imidazole rings is 1. The summed E-state index contributed by atoms with van der Waals surface area (Å²) in [5, 5.41) is 0.742. The van der Waals surface area contributed by atoms with Gasteiger partial charge in [0.15, 0.2) is 0 Å². The lowest BCUT2D eigenvalue weighted by Gasteiger charge is -2.13. The molecule has 0 aliphatic rings. The molecule has 0 aliphatic carbocycles. The first kappa shape index (κ1) is 11.2. The molecule has 1 aromatic carbocycles. The standard InChI is InChI=1S/C12H14ClN3/c1-8-6-9(13)2-3-10(8)11(14)7-12-15-4-5-16-12/h2-6,11H,7,14H2,1H3,(H,15,16). The van der Waals surface area contributed by atoms with Crippen molar-refractivity contribution in [3.05, 3.63) is 52.6 Å². The van der Waals surface area contributed by atoms with Crippen molar-refractivity contribution in [3.8, 4) is 0 Å². The zero-order chi connectivity index (χ0) is 11.5. The molecule has 0 saturated heterocycles. The molecule has 0 amide bonds. The Morgan fingerprint density at radius 3 is 2.94 bits per heavy atom. The van der Waals surface area contributed by atoms with Gasteiger partial charge in [-0.15, -0.1) is 0 Å². The fraction of sp³-hybridized carbons (Fsp3) is 0.250. The smallest absolute Gasteiger partial charge is 0.107 e. The molecule has 0 bridgehead atoms. The number of nitrogens with two attached hydrogens (primary N) is 1. The number of aromatic nitrogens is 2. The molecule has 1 atom stereocenters. The van der Waals surface area contributed by atoms with Crippen LogP contribution in [0.5, 0.6) is 0 Å². The van der Waals surface area contributed by atoms with Crippen LogP contribution in [0.4, 0.5) is 0 Å². The fourth-order valence-electron chi connectivity index (χ4n) is 1.78. The average molecular weight is 236 g/mol. The summed E-state index contributed by atoms with van der Waals surface area (Å²) in [6.45, 7) is 2.02. The number of rotatable bonds is 3. The largest absolute Gasteiger partial charge is 0.349 e. The maximum atomic E-state index is 6.13. The molecule has 0 fully saturated rings. The van der Waals surface area contributed by atoms with Gasteiger partial charge >= 0.3 is 0 Å². The molecular formula is C12H14ClN3. The van der Waals surface area contributed by atoms with Gasteiger partial charge in [0.05, 0.1) is 0 Å². The van der Waals surface area contributed by atoms with E-state index < -0.39 is 0 Å². The monoisotopic (exact) mass is 235 g/mol. The van der Waals surface area contributed by atoms with Crippen LogP contribution < -0.4 is 5.73 Å². The number of nitrogens with one attached hydrogen (secondary N) is 1. The Hall–Kier alpha value is -1.32. The van der Waals surface area contributed by atoms with Crippen molar-refractivity contribution < 1.29 is 0 Å². The van der Waals surface area contributed by atoms with Crippen LogP contribution in [0.3, 0.4) is 0 Å². The Morgan fingerprint density at radius 1 is 1.50 bits per heavy atom. The van der Waals surface area contributed by atoms with E-state index in [0.717, 1.165) is 22.0 Å². The maximum Gasteiger partial charge on any atom is 0.107 e. The van der Waals surface area contributed by atoms with Crippen LogP contribution in [-0.4, -0.2) is 9.97 Å². The number of aryl methyl sites for hydroxylation is 1. The van der Waals surface area contributed by atoms with Crippen LogP contribution in [0, 0.1) is 6.92 Å². The summed E-state index contributed by atoms with van der Waals surface area (Å²) in [4.78, 5) is 7.22. The first-order chi connectivity index (χ1) is 7.66. The summed E-state index contributed by atoms with van der Waals surface area (Å²) in [5.41, 5.74) is 8.36. The molecule has 3 N–H and O–H groups in total. The zero-order valence-corrected chi connectivity index (χ0v) is 9.83. The number of hydrogen-bond donors (Lipinski definition) is 2. The first-order valence-electron chi connectivity index (χ1n) is 5.16. The second-order valence-electron chi connectivity index (χ2n) is 3.85. The Labute approximate surface area is 99.7 Å². The van der Waals surface area contributed by atoms with E-state index in [0.29, 0.717) is 6.42 Å². The third-order valence-corrected chi connectivity index (χ3v) is 2.83. The molecule has 1 unspecified atom stereocenters. The Kier molecular flexibility index (Phi) is 3.27. The molecular weight excluding hydrogens is 222 g/mol. The molecule has 2 aromatic rings. The van der Waals surface area contributed by atoms with Crippen LogP contribution in [0.1, 0.15) is 23.0 Å². The number of H-pyrrole nitrogens is 1. The second-order valence-corrected chi connectivity index (χ2v) is 4.28. The quantitative estimate of drug-likeness (QED) is 0.859. The summed E-state index contributed by atoms with van der Waals surface area (Å²) in [6.07, 6.45) is 4.24. The highest BCUT2D eigenvalue weighted by Crippen LogP contribution is 2.21. The van der Waals surface area contributed by atoms with Crippen molar-refractivity contribution in [2.45, 2.75) is 19.4 Å². The summed E-state index contributed by atoms with van der Waals surface area (Å²) >= 11 is 5.91. The minimum Gasteiger partial charge on any atom is -0.349 e. The van der Waals surface area contributed by atoms with E-state index in [1.807, 2.05) is 25.1 Å². The van der Waals surface area contributed by atoms with Crippen LogP contribution in [0.25, 0.3) is 0 Å². The molecule has 3 nitrogen and oxygen atoms in total. The molecule has 1 aromatic heterocycles. The van der Waals surface area contributed by atoms with Crippen LogP contribution in [0.15, 0.2) is 30.6 Å². The zero-order valence-electron chi connectivity index (χ0n) is 9.07. The molecule has 1 heterocycles. The lowest BCUT2D eigenvalue weighted by atomic mass is 9.99. The van der Waals surface area contributed by atoms with Gasteiger partial charge in [-0.05, 0) is 30.2 Å². The van der Waals surface area contributed by atoms with E-state index in [1.54, 1.807) is 12.4 Å². The number of halogens is 1. The van der Waals surface area contributed by atoms with E-state index in [1.165, 1.54) is 0 Å². The number of aromatic amines is 1. The Balaban J connectivity index is 2.17. The van der Waals surface area contributed by atoms with E-state index in [-0.39, 0.29) is 6.04 Å². The SMILES string of the molecule is Cc1cc(Cl)ccc1C(N)Cc1ncc[nH]1. The third-order valence-electron chi connectivity index (χ3n) is 2.60. The molecule has 4 heteroatoms. The Morgan fingerprint density at radius 2 is 2.31 bits per heavy atom. The van der Waals surface area contributed by atoms with Crippen LogP contribution in [0.2, 0.25) is 5.02 Å². The lowest BCUT2D eigenvalue weighted by Crippen LogP contribution is -2.15. The van der Waals surface area contributed by atoms with Crippen molar-refractivity contribution in [2.75, 3.05) is 0 Å². The summed E-state index contributed by atoms with van der Waals surface area (Å²) in [5.74, 6) is 0.904. The third kappa shape index (κ3) is 2.43. The highest BCUT2D eigenvalue weighted by molar-refractivity contribution is 6.30. The van der Waals surface area contributed by atoms with Crippen molar-refractivity contribution in [1.29, 1.82) is 0 Å². The number of benzene rings is 1. The predicted molar refractivity (Wildman–Crippen MR) is 65.4 cm³/mol. The van der Waals surface area contributed by atoms with Gasteiger partial charge in [-0.3, -0.25) is 0 Å². The van der Waals surface area contributed by atoms with Crippen molar-refractivity contribution in [3.63, 3.8) is 0 Å². The van der Waals surface area contributed by atoms with Gasteiger partial charge in [-0.2, -0.15) is 0 Å².